The molecule has 0 fully saturated rings. The van der Waals surface area contributed by atoms with E-state index in [-0.39, 0.29) is 48.7 Å². The van der Waals surface area contributed by atoms with Crippen molar-refractivity contribution in [3.8, 4) is 0 Å². The van der Waals surface area contributed by atoms with Gasteiger partial charge in [0, 0.05) is 31.5 Å². The van der Waals surface area contributed by atoms with Crippen molar-refractivity contribution in [1.29, 1.82) is 0 Å². The Hall–Kier alpha value is -4.22. The lowest BCUT2D eigenvalue weighted by molar-refractivity contribution is -0.158. The highest BCUT2D eigenvalue weighted by Gasteiger charge is 2.35. The second-order valence-electron chi connectivity index (χ2n) is 17.2. The van der Waals surface area contributed by atoms with Crippen molar-refractivity contribution in [3.63, 3.8) is 0 Å². The number of aliphatic imine (C=N–C) groups is 1. The van der Waals surface area contributed by atoms with Crippen molar-refractivity contribution < 1.29 is 43.3 Å². The zero-order valence-corrected chi connectivity index (χ0v) is 33.8. The lowest BCUT2D eigenvalue weighted by Gasteiger charge is -2.30. The number of amides is 2. The number of urea groups is 1. The van der Waals surface area contributed by atoms with E-state index in [2.05, 4.69) is 10.6 Å². The van der Waals surface area contributed by atoms with Crippen LogP contribution in [-0.2, 0) is 40.0 Å². The number of hydrogen-bond acceptors (Lipinski definition) is 10. The van der Waals surface area contributed by atoms with Crippen molar-refractivity contribution in [1.82, 2.24) is 10.6 Å². The molecule has 2 rings (SSSR count). The Morgan fingerprint density at radius 3 is 2.00 bits per heavy atom. The van der Waals surface area contributed by atoms with Gasteiger partial charge in [-0.2, -0.15) is 0 Å². The molecule has 0 bridgehead atoms. The van der Waals surface area contributed by atoms with Crippen LogP contribution in [0, 0.1) is 18.3 Å². The van der Waals surface area contributed by atoms with E-state index in [0.29, 0.717) is 49.9 Å². The Kier molecular flexibility index (Phi) is 16.7. The molecule has 3 N–H and O–H groups in total. The summed E-state index contributed by atoms with van der Waals surface area (Å²) in [4.78, 5) is 70.0. The first-order valence-electron chi connectivity index (χ1n) is 18.7. The molecule has 0 heterocycles. The monoisotopic (exact) mass is 741 g/mol. The summed E-state index contributed by atoms with van der Waals surface area (Å²) in [6, 6.07) is 4.45. The molecular formula is C41H63N3O9. The summed E-state index contributed by atoms with van der Waals surface area (Å²) in [6.45, 7) is 20.5. The van der Waals surface area contributed by atoms with Crippen LogP contribution in [-0.4, -0.2) is 70.4 Å². The summed E-state index contributed by atoms with van der Waals surface area (Å²) in [6.07, 6.45) is 2.23. The van der Waals surface area contributed by atoms with Crippen molar-refractivity contribution in [2.45, 2.75) is 157 Å². The van der Waals surface area contributed by atoms with Gasteiger partial charge in [-0.05, 0) is 97.5 Å². The molecule has 0 aromatic heterocycles. The van der Waals surface area contributed by atoms with Crippen LogP contribution in [0.15, 0.2) is 40.6 Å². The molecule has 1 aromatic rings. The third-order valence-corrected chi connectivity index (χ3v) is 8.09. The third-order valence-electron chi connectivity index (χ3n) is 8.09. The number of carbonyl (C=O) groups is 5. The number of Topliss-reactive ketones (excluding diaryl/α,β-unsaturated/α-hetero) is 1. The average Bonchev–Trinajstić information content (AvgIpc) is 2.98. The maximum atomic E-state index is 13.4. The number of ether oxygens (including phenoxy) is 3. The van der Waals surface area contributed by atoms with E-state index < -0.39 is 47.2 Å². The highest BCUT2D eigenvalue weighted by Crippen LogP contribution is 2.37. The van der Waals surface area contributed by atoms with Crippen molar-refractivity contribution in [2.75, 3.05) is 6.54 Å². The number of carbonyl (C=O) groups excluding carboxylic acids is 5. The topological polar surface area (TPSA) is 170 Å². The van der Waals surface area contributed by atoms with Crippen LogP contribution in [0.5, 0.6) is 0 Å². The minimum atomic E-state index is -1.20. The lowest BCUT2D eigenvalue weighted by atomic mass is 9.75. The predicted octanol–water partition coefficient (Wildman–Crippen LogP) is 7.40. The molecule has 2 unspecified atom stereocenters. The molecule has 53 heavy (non-hydrogen) atoms. The van der Waals surface area contributed by atoms with Crippen molar-refractivity contribution >= 4 is 35.4 Å². The van der Waals surface area contributed by atoms with E-state index in [1.807, 2.05) is 58.9 Å². The first kappa shape index (κ1) is 44.9. The van der Waals surface area contributed by atoms with Crippen LogP contribution in [0.25, 0.3) is 0 Å². The Morgan fingerprint density at radius 2 is 1.45 bits per heavy atom. The number of nitrogens with one attached hydrogen (secondary N) is 2. The van der Waals surface area contributed by atoms with Gasteiger partial charge in [-0.25, -0.2) is 14.4 Å². The molecular weight excluding hydrogens is 678 g/mol. The highest BCUT2D eigenvalue weighted by molar-refractivity contribution is 6.23. The molecule has 0 saturated carbocycles. The van der Waals surface area contributed by atoms with Gasteiger partial charge in [-0.15, -0.1) is 0 Å². The van der Waals surface area contributed by atoms with E-state index in [9.17, 15) is 29.1 Å². The smallest absolute Gasteiger partial charge is 0.329 e. The molecule has 12 heteroatoms. The van der Waals surface area contributed by atoms with E-state index in [4.69, 9.17) is 19.2 Å². The largest absolute Gasteiger partial charge is 0.511 e. The fraction of sp³-hybridized carbons (Fsp3) is 0.659. The fourth-order valence-electron chi connectivity index (χ4n) is 5.75. The van der Waals surface area contributed by atoms with Gasteiger partial charge in [0.05, 0.1) is 5.57 Å². The molecule has 0 saturated heterocycles. The minimum absolute atomic E-state index is 0.00162. The van der Waals surface area contributed by atoms with Crippen LogP contribution in [0.3, 0.4) is 0 Å². The standard InChI is InChI=1S/C41H63N3O9/c1-26(2)22-31(35-32(45)23-41(10,11)24-33(35)46)42-21-13-12-14-29(36(48)51-25-28-17-15-27(3)16-18-28)43-38(50)44-30(37(49)53-40(7,8)9)19-20-34(47)52-39(4,5)6/h15-18,26,29-30,45H,12-14,19-25H2,1-11H3,(H2,43,44,50). The van der Waals surface area contributed by atoms with Crippen LogP contribution < -0.4 is 10.6 Å². The number of aliphatic hydroxyl groups excluding tert-OH is 1. The molecule has 1 aromatic carbocycles. The number of unbranched alkanes of at least 4 members (excludes halogenated alkanes) is 1. The maximum Gasteiger partial charge on any atom is 0.329 e. The molecule has 0 spiro atoms. The fourth-order valence-corrected chi connectivity index (χ4v) is 5.75. The minimum Gasteiger partial charge on any atom is -0.511 e. The molecule has 296 valence electrons. The van der Waals surface area contributed by atoms with E-state index in [0.717, 1.165) is 11.1 Å². The van der Waals surface area contributed by atoms with Gasteiger partial charge in [-0.3, -0.25) is 14.6 Å². The van der Waals surface area contributed by atoms with Gasteiger partial charge in [0.2, 0.25) is 0 Å². The number of esters is 3. The number of hydrogen-bond donors (Lipinski definition) is 3. The quantitative estimate of drug-likeness (QED) is 0.0637. The predicted molar refractivity (Wildman–Crippen MR) is 204 cm³/mol. The lowest BCUT2D eigenvalue weighted by Crippen LogP contribution is -2.52. The van der Waals surface area contributed by atoms with Gasteiger partial charge in [-0.1, -0.05) is 57.5 Å². The number of benzene rings is 1. The van der Waals surface area contributed by atoms with Gasteiger partial charge in [0.1, 0.15) is 35.7 Å². The summed E-state index contributed by atoms with van der Waals surface area (Å²) < 4.78 is 16.5. The molecule has 12 nitrogen and oxygen atoms in total. The number of rotatable bonds is 17. The normalized spacial score (nSPS) is 16.2. The molecule has 1 aliphatic rings. The second kappa shape index (κ2) is 19.7. The van der Waals surface area contributed by atoms with Crippen molar-refractivity contribution in [3.05, 3.63) is 46.7 Å². The summed E-state index contributed by atoms with van der Waals surface area (Å²) in [5.74, 6) is -1.74. The van der Waals surface area contributed by atoms with Crippen LogP contribution in [0.4, 0.5) is 4.79 Å². The SMILES string of the molecule is Cc1ccc(COC(=O)C(CCCCN=C(CC(C)C)C2=C(O)CC(C)(C)CC2=O)NC(=O)NC(CCC(=O)OC(C)(C)C)C(=O)OC(C)(C)C)cc1. The molecule has 0 aliphatic heterocycles. The number of ketones is 1. The van der Waals surface area contributed by atoms with Crippen LogP contribution >= 0.6 is 0 Å². The Morgan fingerprint density at radius 1 is 0.868 bits per heavy atom. The number of nitrogens with zero attached hydrogens (tertiary/aromatic N) is 1. The van der Waals surface area contributed by atoms with Crippen molar-refractivity contribution in [2.24, 2.45) is 16.3 Å². The molecule has 2 amide bonds. The first-order chi connectivity index (χ1) is 24.4. The highest BCUT2D eigenvalue weighted by atomic mass is 16.6. The van der Waals surface area contributed by atoms with Gasteiger partial charge < -0.3 is 30.0 Å². The Labute approximate surface area is 315 Å². The molecule has 0 radical (unpaired) electrons. The Bertz CT molecular complexity index is 1500. The molecule has 2 atom stereocenters. The van der Waals surface area contributed by atoms with Crippen LogP contribution in [0.2, 0.25) is 0 Å². The Balaban J connectivity index is 2.20. The maximum absolute atomic E-state index is 13.4. The number of aryl methyl sites for hydroxylation is 1. The first-order valence-corrected chi connectivity index (χ1v) is 18.7. The van der Waals surface area contributed by atoms with Gasteiger partial charge >= 0.3 is 23.9 Å². The zero-order chi connectivity index (χ0) is 40.1. The van der Waals surface area contributed by atoms with Gasteiger partial charge in [0.25, 0.3) is 0 Å². The summed E-state index contributed by atoms with van der Waals surface area (Å²) in [5, 5.41) is 16.1. The second-order valence-corrected chi connectivity index (χ2v) is 17.2. The number of allylic oxidation sites excluding steroid dienone is 2. The summed E-state index contributed by atoms with van der Waals surface area (Å²) >= 11 is 0. The third kappa shape index (κ3) is 17.4. The van der Waals surface area contributed by atoms with Gasteiger partial charge in [0.15, 0.2) is 5.78 Å². The average molecular weight is 742 g/mol. The van der Waals surface area contributed by atoms with E-state index in [1.165, 1.54) is 0 Å². The number of aliphatic hydroxyl groups is 1. The molecule has 1 aliphatic carbocycles. The van der Waals surface area contributed by atoms with E-state index >= 15 is 0 Å². The summed E-state index contributed by atoms with van der Waals surface area (Å²) in [5.41, 5.74) is 0.857. The summed E-state index contributed by atoms with van der Waals surface area (Å²) in [7, 11) is 0. The van der Waals surface area contributed by atoms with Crippen LogP contribution in [0.1, 0.15) is 132 Å². The van der Waals surface area contributed by atoms with E-state index in [1.54, 1.807) is 41.5 Å². The zero-order valence-electron chi connectivity index (χ0n) is 33.8.